The molecule has 0 heterocycles. The minimum absolute atomic E-state index is 0.181. The minimum atomic E-state index is -0.999. The Morgan fingerprint density at radius 3 is 2.24 bits per heavy atom. The second-order valence-corrected chi connectivity index (χ2v) is 7.18. The predicted molar refractivity (Wildman–Crippen MR) is 113 cm³/mol. The summed E-state index contributed by atoms with van der Waals surface area (Å²) in [6, 6.07) is 12.2. The lowest BCUT2D eigenvalue weighted by molar-refractivity contribution is 0.0697. The molecule has 6 heteroatoms. The van der Waals surface area contributed by atoms with E-state index in [9.17, 15) is 10.1 Å². The van der Waals surface area contributed by atoms with Gasteiger partial charge in [-0.3, -0.25) is 0 Å². The number of nitriles is 1. The number of carboxylic acid groups (broad SMARTS) is 1. The van der Waals surface area contributed by atoms with Gasteiger partial charge in [-0.15, -0.1) is 6.42 Å². The first-order valence-corrected chi connectivity index (χ1v) is 9.13. The molecule has 25 heavy (non-hydrogen) atoms. The number of hydrogen-bond donors (Lipinski definition) is 1. The third kappa shape index (κ3) is 4.97. The van der Waals surface area contributed by atoms with Crippen LogP contribution >= 0.6 is 45.2 Å². The second-order valence-electron chi connectivity index (χ2n) is 4.86. The van der Waals surface area contributed by atoms with Crippen LogP contribution in [0.5, 0.6) is 5.75 Å². The molecule has 0 saturated heterocycles. The largest absolute Gasteiger partial charge is 0.479 e. The van der Waals surface area contributed by atoms with Crippen molar-refractivity contribution in [1.29, 1.82) is 5.26 Å². The van der Waals surface area contributed by atoms with Gasteiger partial charge >= 0.3 is 5.97 Å². The van der Waals surface area contributed by atoms with Gasteiger partial charge in [-0.1, -0.05) is 18.1 Å². The molecule has 0 atom stereocenters. The smallest absolute Gasteiger partial charge is 0.335 e. The van der Waals surface area contributed by atoms with Gasteiger partial charge in [0, 0.05) is 0 Å². The highest BCUT2D eigenvalue weighted by Gasteiger charge is 2.10. The lowest BCUT2D eigenvalue weighted by Gasteiger charge is -2.09. The maximum atomic E-state index is 10.9. The Morgan fingerprint density at radius 2 is 1.76 bits per heavy atom. The van der Waals surface area contributed by atoms with Crippen LogP contribution in [0.4, 0.5) is 0 Å². The van der Waals surface area contributed by atoms with Gasteiger partial charge in [-0.05, 0) is 86.7 Å². The minimum Gasteiger partial charge on any atom is -0.479 e. The molecule has 0 aliphatic rings. The van der Waals surface area contributed by atoms with Crippen LogP contribution in [0.15, 0.2) is 36.4 Å². The van der Waals surface area contributed by atoms with E-state index in [4.69, 9.17) is 16.3 Å². The van der Waals surface area contributed by atoms with Crippen molar-refractivity contribution in [3.8, 4) is 24.2 Å². The summed E-state index contributed by atoms with van der Waals surface area (Å²) in [5.74, 6) is 2.16. The van der Waals surface area contributed by atoms with Gasteiger partial charge < -0.3 is 9.84 Å². The number of allylic oxidation sites excluding steroid dienone is 1. The number of benzene rings is 2. The van der Waals surface area contributed by atoms with Crippen LogP contribution in [0, 0.1) is 30.8 Å². The highest BCUT2D eigenvalue weighted by molar-refractivity contribution is 14.1. The lowest BCUT2D eigenvalue weighted by atomic mass is 10.0. The standard InChI is InChI=1S/C19H11I2NO3/c1-2-7-25-18-16(20)9-12(10-17(18)21)8-15(11-22)13-3-5-14(6-4-13)19(23)24/h1,3-6,8-10H,7H2,(H,23,24)/b15-8-. The predicted octanol–water partition coefficient (Wildman–Crippen LogP) is 4.67. The molecular weight excluding hydrogens is 544 g/mol. The molecule has 0 bridgehead atoms. The first-order valence-electron chi connectivity index (χ1n) is 6.97. The summed E-state index contributed by atoms with van der Waals surface area (Å²) in [4.78, 5) is 10.9. The summed E-state index contributed by atoms with van der Waals surface area (Å²) in [7, 11) is 0. The molecule has 4 nitrogen and oxygen atoms in total. The molecule has 0 aliphatic carbocycles. The third-order valence-corrected chi connectivity index (χ3v) is 4.80. The number of aromatic carboxylic acids is 1. The molecule has 2 aromatic carbocycles. The molecule has 0 fully saturated rings. The fourth-order valence-electron chi connectivity index (χ4n) is 2.05. The first-order chi connectivity index (χ1) is 12.0. The molecule has 0 unspecified atom stereocenters. The number of nitrogens with zero attached hydrogens (tertiary/aromatic N) is 1. The average molecular weight is 555 g/mol. The van der Waals surface area contributed by atoms with Crippen LogP contribution < -0.4 is 4.74 Å². The van der Waals surface area contributed by atoms with Gasteiger partial charge in [-0.2, -0.15) is 5.26 Å². The van der Waals surface area contributed by atoms with Crippen molar-refractivity contribution in [2.75, 3.05) is 6.61 Å². The third-order valence-electron chi connectivity index (χ3n) is 3.19. The van der Waals surface area contributed by atoms with E-state index in [1.165, 1.54) is 12.1 Å². The first kappa shape index (κ1) is 19.3. The highest BCUT2D eigenvalue weighted by atomic mass is 127. The summed E-state index contributed by atoms with van der Waals surface area (Å²) in [5, 5.41) is 18.4. The molecule has 0 radical (unpaired) electrons. The fourth-order valence-corrected chi connectivity index (χ4v) is 4.18. The van der Waals surface area contributed by atoms with Crippen LogP contribution in [0.3, 0.4) is 0 Å². The quantitative estimate of drug-likeness (QED) is 0.252. The van der Waals surface area contributed by atoms with Gasteiger partial charge in [0.1, 0.15) is 12.4 Å². The molecule has 2 aromatic rings. The van der Waals surface area contributed by atoms with Gasteiger partial charge in [0.2, 0.25) is 0 Å². The Morgan fingerprint density at radius 1 is 1.20 bits per heavy atom. The average Bonchev–Trinajstić information content (AvgIpc) is 2.59. The molecular formula is C19H11I2NO3. The van der Waals surface area contributed by atoms with Gasteiger partial charge in [-0.25, -0.2) is 4.79 Å². The summed E-state index contributed by atoms with van der Waals surface area (Å²) in [5.41, 5.74) is 2.13. The zero-order valence-corrected chi connectivity index (χ0v) is 17.1. The number of ether oxygens (including phenoxy) is 1. The summed E-state index contributed by atoms with van der Waals surface area (Å²) in [6.45, 7) is 0.195. The molecule has 124 valence electrons. The number of carboxylic acids is 1. The Hall–Kier alpha value is -2.04. The summed E-state index contributed by atoms with van der Waals surface area (Å²) >= 11 is 4.32. The van der Waals surface area contributed by atoms with E-state index in [-0.39, 0.29) is 12.2 Å². The molecule has 1 N–H and O–H groups in total. The van der Waals surface area contributed by atoms with Crippen LogP contribution in [0.25, 0.3) is 11.6 Å². The van der Waals surface area contributed by atoms with E-state index >= 15 is 0 Å². The number of terminal acetylenes is 1. The zero-order chi connectivity index (χ0) is 18.4. The number of halogens is 2. The topological polar surface area (TPSA) is 70.3 Å². The SMILES string of the molecule is C#CCOc1c(I)cc(/C=C(/C#N)c2ccc(C(=O)O)cc2)cc1I. The van der Waals surface area contributed by atoms with Crippen LogP contribution in [-0.2, 0) is 0 Å². The summed E-state index contributed by atoms with van der Waals surface area (Å²) in [6.07, 6.45) is 6.98. The van der Waals surface area contributed by atoms with E-state index < -0.39 is 5.97 Å². The van der Waals surface area contributed by atoms with Crippen LogP contribution in [0.2, 0.25) is 0 Å². The van der Waals surface area contributed by atoms with E-state index in [2.05, 4.69) is 57.2 Å². The Balaban J connectivity index is 2.38. The number of hydrogen-bond acceptors (Lipinski definition) is 3. The molecule has 0 spiro atoms. The Bertz CT molecular complexity index is 896. The Labute approximate surface area is 172 Å². The molecule has 0 amide bonds. The van der Waals surface area contributed by atoms with E-state index in [1.807, 2.05) is 12.1 Å². The molecule has 2 rings (SSSR count). The van der Waals surface area contributed by atoms with Gasteiger partial charge in [0.05, 0.1) is 24.3 Å². The number of rotatable bonds is 5. The number of carbonyl (C=O) groups is 1. The maximum absolute atomic E-state index is 10.9. The highest BCUT2D eigenvalue weighted by Crippen LogP contribution is 2.30. The van der Waals surface area contributed by atoms with E-state index in [1.54, 1.807) is 18.2 Å². The second kappa shape index (κ2) is 8.88. The monoisotopic (exact) mass is 555 g/mol. The summed E-state index contributed by atoms with van der Waals surface area (Å²) < 4.78 is 7.32. The van der Waals surface area contributed by atoms with E-state index in [0.29, 0.717) is 11.1 Å². The van der Waals surface area contributed by atoms with Crippen LogP contribution in [-0.4, -0.2) is 17.7 Å². The maximum Gasteiger partial charge on any atom is 0.335 e. The molecule has 0 saturated carbocycles. The van der Waals surface area contributed by atoms with Crippen molar-refractivity contribution in [3.63, 3.8) is 0 Å². The van der Waals surface area contributed by atoms with Crippen molar-refractivity contribution in [2.24, 2.45) is 0 Å². The normalized spacial score (nSPS) is 10.6. The van der Waals surface area contributed by atoms with Crippen LogP contribution in [0.1, 0.15) is 21.5 Å². The lowest BCUT2D eigenvalue weighted by Crippen LogP contribution is -1.98. The van der Waals surface area contributed by atoms with Crippen molar-refractivity contribution in [2.45, 2.75) is 0 Å². The van der Waals surface area contributed by atoms with Gasteiger partial charge in [0.15, 0.2) is 0 Å². The zero-order valence-electron chi connectivity index (χ0n) is 12.8. The van der Waals surface area contributed by atoms with Crippen molar-refractivity contribution in [1.82, 2.24) is 0 Å². The van der Waals surface area contributed by atoms with Gasteiger partial charge in [0.25, 0.3) is 0 Å². The van der Waals surface area contributed by atoms with E-state index in [0.717, 1.165) is 18.5 Å². The Kier molecular flexibility index (Phi) is 6.85. The van der Waals surface area contributed by atoms with Crippen molar-refractivity contribution < 1.29 is 14.6 Å². The van der Waals surface area contributed by atoms with Crippen molar-refractivity contribution >= 4 is 62.8 Å². The van der Waals surface area contributed by atoms with Crippen molar-refractivity contribution in [3.05, 3.63) is 60.2 Å². The molecule has 0 aromatic heterocycles. The molecule has 0 aliphatic heterocycles. The fraction of sp³-hybridized carbons (Fsp3) is 0.0526.